The number of hydrogen-bond acceptors (Lipinski definition) is 4. The largest absolute Gasteiger partial charge is 0.370 e. The molecule has 21 heavy (non-hydrogen) atoms. The summed E-state index contributed by atoms with van der Waals surface area (Å²) in [5, 5.41) is 3.25. The van der Waals surface area contributed by atoms with Crippen molar-refractivity contribution in [2.45, 2.75) is 51.7 Å². The van der Waals surface area contributed by atoms with Crippen molar-refractivity contribution in [3.8, 4) is 0 Å². The highest BCUT2D eigenvalue weighted by Gasteiger charge is 2.32. The Kier molecular flexibility index (Phi) is 4.76. The molecule has 1 N–H and O–H groups in total. The average Bonchev–Trinajstić information content (AvgIpc) is 2.50. The van der Waals surface area contributed by atoms with Gasteiger partial charge in [0.25, 0.3) is 0 Å². The van der Waals surface area contributed by atoms with E-state index in [9.17, 15) is 0 Å². The molecule has 1 aromatic heterocycles. The molecule has 0 aliphatic carbocycles. The topological polar surface area (TPSA) is 31.4 Å². The average molecular weight is 288 g/mol. The van der Waals surface area contributed by atoms with Gasteiger partial charge in [-0.1, -0.05) is 12.5 Å². The Hall–Kier alpha value is -1.13. The van der Waals surface area contributed by atoms with Gasteiger partial charge in [-0.05, 0) is 44.9 Å². The minimum absolute atomic E-state index is 0.646. The van der Waals surface area contributed by atoms with E-state index in [1.165, 1.54) is 44.5 Å². The first-order chi connectivity index (χ1) is 10.3. The third kappa shape index (κ3) is 3.55. The molecule has 2 aliphatic heterocycles. The van der Waals surface area contributed by atoms with Gasteiger partial charge in [0.1, 0.15) is 5.82 Å². The minimum Gasteiger partial charge on any atom is -0.370 e. The van der Waals surface area contributed by atoms with Gasteiger partial charge in [-0.3, -0.25) is 9.80 Å². The second kappa shape index (κ2) is 6.75. The van der Waals surface area contributed by atoms with E-state index in [2.05, 4.69) is 46.1 Å². The second-order valence-electron chi connectivity index (χ2n) is 6.51. The number of nitrogens with zero attached hydrogens (tertiary/aromatic N) is 3. The highest BCUT2D eigenvalue weighted by molar-refractivity contribution is 5.35. The van der Waals surface area contributed by atoms with Crippen LogP contribution in [0.5, 0.6) is 0 Å². The van der Waals surface area contributed by atoms with E-state index in [1.807, 2.05) is 6.20 Å². The molecule has 0 bridgehead atoms. The molecule has 2 unspecified atom stereocenters. The van der Waals surface area contributed by atoms with Crippen LogP contribution in [0.2, 0.25) is 0 Å². The Balaban J connectivity index is 1.61. The van der Waals surface area contributed by atoms with E-state index in [1.54, 1.807) is 0 Å². The third-order valence-corrected chi connectivity index (χ3v) is 4.88. The third-order valence-electron chi connectivity index (χ3n) is 4.88. The Morgan fingerprint density at radius 1 is 1.29 bits per heavy atom. The van der Waals surface area contributed by atoms with E-state index >= 15 is 0 Å². The van der Waals surface area contributed by atoms with Crippen LogP contribution in [0.4, 0.5) is 5.82 Å². The molecule has 4 heteroatoms. The van der Waals surface area contributed by atoms with E-state index < -0.39 is 0 Å². The van der Waals surface area contributed by atoms with E-state index in [4.69, 9.17) is 0 Å². The maximum atomic E-state index is 4.49. The predicted octanol–water partition coefficient (Wildman–Crippen LogP) is 2.57. The van der Waals surface area contributed by atoms with Crippen LogP contribution in [0.3, 0.4) is 0 Å². The molecule has 0 spiro atoms. The molecular formula is C17H28N4. The molecular weight excluding hydrogens is 260 g/mol. The van der Waals surface area contributed by atoms with Gasteiger partial charge in [-0.2, -0.15) is 0 Å². The van der Waals surface area contributed by atoms with Gasteiger partial charge in [0.2, 0.25) is 0 Å². The Bertz CT molecular complexity index is 445. The van der Waals surface area contributed by atoms with Gasteiger partial charge in [0, 0.05) is 44.5 Å². The van der Waals surface area contributed by atoms with Crippen molar-refractivity contribution in [1.82, 2.24) is 14.8 Å². The van der Waals surface area contributed by atoms with Crippen LogP contribution in [0.25, 0.3) is 0 Å². The summed E-state index contributed by atoms with van der Waals surface area (Å²) in [5.41, 5.74) is 1.33. The Labute approximate surface area is 128 Å². The van der Waals surface area contributed by atoms with Crippen LogP contribution in [0.1, 0.15) is 38.7 Å². The molecule has 0 amide bonds. The molecule has 116 valence electrons. The fourth-order valence-electron chi connectivity index (χ4n) is 3.67. The highest BCUT2D eigenvalue weighted by atomic mass is 15.3. The van der Waals surface area contributed by atoms with Gasteiger partial charge in [0.15, 0.2) is 0 Å². The van der Waals surface area contributed by atoms with E-state index in [0.717, 1.165) is 24.9 Å². The van der Waals surface area contributed by atoms with Crippen molar-refractivity contribution in [3.05, 3.63) is 23.9 Å². The van der Waals surface area contributed by atoms with E-state index in [0.29, 0.717) is 6.04 Å². The smallest absolute Gasteiger partial charge is 0.125 e. The summed E-state index contributed by atoms with van der Waals surface area (Å²) >= 11 is 0. The zero-order chi connectivity index (χ0) is 14.7. The number of anilines is 1. The number of fused-ring (bicyclic) bond motifs is 1. The summed E-state index contributed by atoms with van der Waals surface area (Å²) in [6, 6.07) is 5.74. The molecule has 1 aromatic rings. The molecule has 0 radical (unpaired) electrons. The fourth-order valence-corrected chi connectivity index (χ4v) is 3.67. The molecule has 2 aliphatic rings. The molecule has 3 heterocycles. The molecule has 2 atom stereocenters. The van der Waals surface area contributed by atoms with Crippen molar-refractivity contribution in [1.29, 1.82) is 0 Å². The standard InChI is InChI=1S/C17H28N4/c1-3-18-17-8-7-15(10-19-17)12-21-13-16-6-4-5-9-20(16)11-14(21)2/h7-8,10,14,16H,3-6,9,11-13H2,1-2H3,(H,18,19). The predicted molar refractivity (Wildman–Crippen MR) is 87.5 cm³/mol. The number of hydrogen-bond donors (Lipinski definition) is 1. The van der Waals surface area contributed by atoms with Gasteiger partial charge in [0.05, 0.1) is 0 Å². The van der Waals surface area contributed by atoms with Gasteiger partial charge < -0.3 is 5.32 Å². The quantitative estimate of drug-likeness (QED) is 0.923. The molecule has 2 saturated heterocycles. The number of piperazine rings is 1. The summed E-state index contributed by atoms with van der Waals surface area (Å²) in [4.78, 5) is 9.83. The highest BCUT2D eigenvalue weighted by Crippen LogP contribution is 2.25. The van der Waals surface area contributed by atoms with Gasteiger partial charge in [-0.25, -0.2) is 4.98 Å². The van der Waals surface area contributed by atoms with Crippen molar-refractivity contribution >= 4 is 5.82 Å². The van der Waals surface area contributed by atoms with Crippen LogP contribution in [0, 0.1) is 0 Å². The number of piperidine rings is 1. The summed E-state index contributed by atoms with van der Waals surface area (Å²) in [5.74, 6) is 0.978. The lowest BCUT2D eigenvalue weighted by atomic mass is 9.97. The van der Waals surface area contributed by atoms with Crippen LogP contribution in [-0.2, 0) is 6.54 Å². The Morgan fingerprint density at radius 2 is 2.19 bits per heavy atom. The Morgan fingerprint density at radius 3 is 2.95 bits per heavy atom. The molecule has 2 fully saturated rings. The van der Waals surface area contributed by atoms with E-state index in [-0.39, 0.29) is 0 Å². The first-order valence-corrected chi connectivity index (χ1v) is 8.43. The van der Waals surface area contributed by atoms with Crippen molar-refractivity contribution < 1.29 is 0 Å². The maximum absolute atomic E-state index is 4.49. The number of nitrogens with one attached hydrogen (secondary N) is 1. The monoisotopic (exact) mass is 288 g/mol. The molecule has 0 aromatic carbocycles. The maximum Gasteiger partial charge on any atom is 0.125 e. The van der Waals surface area contributed by atoms with Crippen molar-refractivity contribution in [2.75, 3.05) is 31.5 Å². The van der Waals surface area contributed by atoms with Crippen molar-refractivity contribution in [2.24, 2.45) is 0 Å². The lowest BCUT2D eigenvalue weighted by Gasteiger charge is -2.47. The van der Waals surface area contributed by atoms with Crippen molar-refractivity contribution in [3.63, 3.8) is 0 Å². The molecule has 4 nitrogen and oxygen atoms in total. The molecule has 3 rings (SSSR count). The van der Waals surface area contributed by atoms with Crippen LogP contribution < -0.4 is 5.32 Å². The van der Waals surface area contributed by atoms with Crippen LogP contribution in [0.15, 0.2) is 18.3 Å². The second-order valence-corrected chi connectivity index (χ2v) is 6.51. The van der Waals surface area contributed by atoms with Gasteiger partial charge in [-0.15, -0.1) is 0 Å². The van der Waals surface area contributed by atoms with Gasteiger partial charge >= 0.3 is 0 Å². The lowest BCUT2D eigenvalue weighted by Crippen LogP contribution is -2.58. The zero-order valence-corrected chi connectivity index (χ0v) is 13.4. The molecule has 0 saturated carbocycles. The minimum atomic E-state index is 0.646. The number of rotatable bonds is 4. The normalized spacial score (nSPS) is 27.3. The number of aromatic nitrogens is 1. The number of pyridine rings is 1. The fraction of sp³-hybridized carbons (Fsp3) is 0.706. The summed E-state index contributed by atoms with van der Waals surface area (Å²) in [6.07, 6.45) is 6.19. The first kappa shape index (κ1) is 14.8. The summed E-state index contributed by atoms with van der Waals surface area (Å²) in [7, 11) is 0. The zero-order valence-electron chi connectivity index (χ0n) is 13.4. The SMILES string of the molecule is CCNc1ccc(CN2CC3CCCCN3CC2C)cn1. The summed E-state index contributed by atoms with van der Waals surface area (Å²) in [6.45, 7) is 10.2. The summed E-state index contributed by atoms with van der Waals surface area (Å²) < 4.78 is 0. The van der Waals surface area contributed by atoms with Crippen LogP contribution >= 0.6 is 0 Å². The lowest BCUT2D eigenvalue weighted by molar-refractivity contribution is 0.0110. The van der Waals surface area contributed by atoms with Crippen LogP contribution in [-0.4, -0.2) is 53.0 Å². The first-order valence-electron chi connectivity index (χ1n) is 8.43.